The molecule has 0 spiro atoms. The smallest absolute Gasteiger partial charge is 0.200 e. The highest BCUT2D eigenvalue weighted by Gasteiger charge is 2.34. The molecule has 0 aliphatic heterocycles. The van der Waals surface area contributed by atoms with Gasteiger partial charge in [-0.15, -0.1) is 0 Å². The zero-order valence-corrected chi connectivity index (χ0v) is 11.3. The molecule has 1 aromatic carbocycles. The quantitative estimate of drug-likeness (QED) is 0.520. The second-order valence-corrected chi connectivity index (χ2v) is 6.79. The van der Waals surface area contributed by atoms with E-state index in [1.807, 2.05) is 0 Å². The number of benzene rings is 1. The van der Waals surface area contributed by atoms with E-state index in [4.69, 9.17) is 0 Å². The van der Waals surface area contributed by atoms with E-state index in [-0.39, 0.29) is 4.90 Å². The molecule has 1 N–H and O–H groups in total. The number of hydrogen-bond acceptors (Lipinski definition) is 3. The van der Waals surface area contributed by atoms with Crippen LogP contribution in [0.4, 0.5) is 0 Å². The number of allylic oxidation sites excluding steroid dienone is 2. The third-order valence-corrected chi connectivity index (χ3v) is 5.06. The Balaban J connectivity index is 1.65. The minimum atomic E-state index is -3.53. The first-order valence-corrected chi connectivity index (χ1v) is 7.92. The van der Waals surface area contributed by atoms with Crippen molar-refractivity contribution in [2.75, 3.05) is 0 Å². The Bertz CT molecular complexity index is 608. The monoisotopic (exact) mass is 276 g/mol. The first-order chi connectivity index (χ1) is 9.15. The predicted molar refractivity (Wildman–Crippen MR) is 74.1 cm³/mol. The number of fused-ring (bicyclic) bond motifs is 2. The molecule has 0 saturated heterocycles. The molecule has 0 aromatic heterocycles. The van der Waals surface area contributed by atoms with Gasteiger partial charge in [0.25, 0.3) is 10.0 Å². The van der Waals surface area contributed by atoms with Crippen molar-refractivity contribution in [1.82, 2.24) is 4.83 Å². The minimum Gasteiger partial charge on any atom is -0.200 e. The van der Waals surface area contributed by atoms with Gasteiger partial charge in [-0.2, -0.15) is 13.5 Å². The maximum Gasteiger partial charge on any atom is 0.276 e. The molecule has 3 atom stereocenters. The van der Waals surface area contributed by atoms with Crippen molar-refractivity contribution >= 4 is 16.2 Å². The highest BCUT2D eigenvalue weighted by atomic mass is 32.2. The van der Waals surface area contributed by atoms with Crippen molar-refractivity contribution in [1.29, 1.82) is 0 Å². The lowest BCUT2D eigenvalue weighted by molar-refractivity contribution is 0.578. The lowest BCUT2D eigenvalue weighted by Crippen LogP contribution is -2.20. The SMILES string of the molecule is O=S(=O)(N/N=C/C1CC2C=CC1C2)c1ccccc1. The number of sulfonamides is 1. The van der Waals surface area contributed by atoms with Crippen LogP contribution in [0.15, 0.2) is 52.5 Å². The summed E-state index contributed by atoms with van der Waals surface area (Å²) in [6.07, 6.45) is 8.48. The summed E-state index contributed by atoms with van der Waals surface area (Å²) in [4.78, 5) is 2.52. The summed E-state index contributed by atoms with van der Waals surface area (Å²) in [6, 6.07) is 8.28. The van der Waals surface area contributed by atoms with Gasteiger partial charge in [-0.25, -0.2) is 4.83 Å². The molecule has 19 heavy (non-hydrogen) atoms. The fourth-order valence-electron chi connectivity index (χ4n) is 2.84. The maximum absolute atomic E-state index is 11.9. The summed E-state index contributed by atoms with van der Waals surface area (Å²) in [7, 11) is -3.53. The van der Waals surface area contributed by atoms with Crippen molar-refractivity contribution in [3.8, 4) is 0 Å². The lowest BCUT2D eigenvalue weighted by Gasteiger charge is -2.12. The van der Waals surface area contributed by atoms with Crippen LogP contribution in [0, 0.1) is 17.8 Å². The van der Waals surface area contributed by atoms with E-state index in [9.17, 15) is 8.42 Å². The van der Waals surface area contributed by atoms with E-state index in [0.29, 0.717) is 17.8 Å². The summed E-state index contributed by atoms with van der Waals surface area (Å²) >= 11 is 0. The number of hydrazone groups is 1. The molecular formula is C14H16N2O2S. The van der Waals surface area contributed by atoms with Crippen molar-refractivity contribution < 1.29 is 8.42 Å². The first kappa shape index (κ1) is 12.4. The van der Waals surface area contributed by atoms with Crippen LogP contribution in [-0.4, -0.2) is 14.6 Å². The average molecular weight is 276 g/mol. The fraction of sp³-hybridized carbons (Fsp3) is 0.357. The van der Waals surface area contributed by atoms with E-state index >= 15 is 0 Å². The van der Waals surface area contributed by atoms with Gasteiger partial charge in [-0.05, 0) is 36.8 Å². The number of nitrogens with one attached hydrogen (secondary N) is 1. The largest absolute Gasteiger partial charge is 0.276 e. The van der Waals surface area contributed by atoms with E-state index in [0.717, 1.165) is 6.42 Å². The Morgan fingerprint density at radius 2 is 1.95 bits per heavy atom. The summed E-state index contributed by atoms with van der Waals surface area (Å²) in [5, 5.41) is 3.92. The zero-order valence-electron chi connectivity index (χ0n) is 10.4. The van der Waals surface area contributed by atoms with E-state index in [2.05, 4.69) is 22.1 Å². The van der Waals surface area contributed by atoms with Crippen LogP contribution >= 0.6 is 0 Å². The number of rotatable bonds is 4. The summed E-state index contributed by atoms with van der Waals surface area (Å²) in [5.41, 5.74) is 0. The molecule has 2 bridgehead atoms. The molecule has 100 valence electrons. The number of nitrogens with zero attached hydrogens (tertiary/aromatic N) is 1. The summed E-state index contributed by atoms with van der Waals surface area (Å²) in [5.74, 6) is 1.57. The van der Waals surface area contributed by atoms with Gasteiger partial charge in [0.1, 0.15) is 0 Å². The number of hydrogen-bond donors (Lipinski definition) is 1. The molecule has 1 fully saturated rings. The second kappa shape index (κ2) is 4.81. The Kier molecular flexibility index (Phi) is 3.14. The molecule has 3 unspecified atom stereocenters. The standard InChI is InChI=1S/C14H16N2O2S/c17-19(18,14-4-2-1-3-5-14)16-15-10-13-9-11-6-7-12(13)8-11/h1-7,10-13,16H,8-9H2/b15-10+. The Morgan fingerprint density at radius 3 is 2.58 bits per heavy atom. The van der Waals surface area contributed by atoms with E-state index in [1.54, 1.807) is 36.5 Å². The third kappa shape index (κ3) is 2.56. The zero-order chi connectivity index (χ0) is 13.3. The van der Waals surface area contributed by atoms with Crippen molar-refractivity contribution in [3.05, 3.63) is 42.5 Å². The predicted octanol–water partition coefficient (Wildman–Crippen LogP) is 2.16. The van der Waals surface area contributed by atoms with Gasteiger partial charge >= 0.3 is 0 Å². The molecule has 2 aliphatic carbocycles. The maximum atomic E-state index is 11.9. The molecule has 0 radical (unpaired) electrons. The normalized spacial score (nSPS) is 29.2. The van der Waals surface area contributed by atoms with Crippen LogP contribution in [0.2, 0.25) is 0 Å². The summed E-state index contributed by atoms with van der Waals surface area (Å²) < 4.78 is 23.9. The van der Waals surface area contributed by atoms with Crippen LogP contribution in [-0.2, 0) is 10.0 Å². The van der Waals surface area contributed by atoms with Gasteiger partial charge in [0.15, 0.2) is 0 Å². The first-order valence-electron chi connectivity index (χ1n) is 6.43. The van der Waals surface area contributed by atoms with Crippen molar-refractivity contribution in [2.24, 2.45) is 22.9 Å². The molecule has 0 amide bonds. The van der Waals surface area contributed by atoms with Gasteiger partial charge in [0.05, 0.1) is 4.90 Å². The van der Waals surface area contributed by atoms with Crippen molar-refractivity contribution in [2.45, 2.75) is 17.7 Å². The van der Waals surface area contributed by atoms with Crippen LogP contribution in [0.1, 0.15) is 12.8 Å². The van der Waals surface area contributed by atoms with Crippen LogP contribution < -0.4 is 4.83 Å². The second-order valence-electron chi connectivity index (χ2n) is 5.13. The highest BCUT2D eigenvalue weighted by Crippen LogP contribution is 2.42. The molecule has 3 rings (SSSR count). The van der Waals surface area contributed by atoms with Crippen molar-refractivity contribution in [3.63, 3.8) is 0 Å². The van der Waals surface area contributed by atoms with E-state index < -0.39 is 10.0 Å². The molecular weight excluding hydrogens is 260 g/mol. The lowest BCUT2D eigenvalue weighted by atomic mass is 9.95. The Labute approximate surface area is 113 Å². The molecule has 0 heterocycles. The van der Waals surface area contributed by atoms with Gasteiger partial charge < -0.3 is 0 Å². The molecule has 4 nitrogen and oxygen atoms in total. The van der Waals surface area contributed by atoms with Gasteiger partial charge in [0.2, 0.25) is 0 Å². The minimum absolute atomic E-state index is 0.236. The molecule has 5 heteroatoms. The topological polar surface area (TPSA) is 58.5 Å². The molecule has 1 saturated carbocycles. The van der Waals surface area contributed by atoms with Crippen LogP contribution in [0.25, 0.3) is 0 Å². The average Bonchev–Trinajstić information content (AvgIpc) is 3.02. The van der Waals surface area contributed by atoms with E-state index in [1.165, 1.54) is 6.42 Å². The third-order valence-electron chi connectivity index (χ3n) is 3.82. The van der Waals surface area contributed by atoms with Gasteiger partial charge in [0, 0.05) is 12.1 Å². The highest BCUT2D eigenvalue weighted by molar-refractivity contribution is 7.89. The Morgan fingerprint density at radius 1 is 1.16 bits per heavy atom. The molecule has 2 aliphatic rings. The molecule has 1 aromatic rings. The fourth-order valence-corrected chi connectivity index (χ4v) is 3.66. The van der Waals surface area contributed by atoms with Crippen LogP contribution in [0.3, 0.4) is 0 Å². The summed E-state index contributed by atoms with van der Waals surface area (Å²) in [6.45, 7) is 0. The Hall–Kier alpha value is -1.62. The van der Waals surface area contributed by atoms with Gasteiger partial charge in [-0.1, -0.05) is 30.4 Å². The van der Waals surface area contributed by atoms with Crippen LogP contribution in [0.5, 0.6) is 0 Å². The van der Waals surface area contributed by atoms with Gasteiger partial charge in [-0.3, -0.25) is 0 Å².